The van der Waals surface area contributed by atoms with Crippen LogP contribution in [-0.2, 0) is 28.7 Å². The van der Waals surface area contributed by atoms with Crippen molar-refractivity contribution in [3.05, 3.63) is 22.3 Å². The van der Waals surface area contributed by atoms with Gasteiger partial charge in [-0.05, 0) is 52.4 Å². The summed E-state index contributed by atoms with van der Waals surface area (Å²) in [5.74, 6) is -2.08. The number of carbonyl (C=O) groups is 4. The lowest BCUT2D eigenvalue weighted by Crippen LogP contribution is -2.57. The number of rotatable bonds is 16. The van der Waals surface area contributed by atoms with Crippen LogP contribution in [0.15, 0.2) is 22.3 Å². The number of ether oxygens (including phenoxy) is 2. The molecule has 1 saturated carbocycles. The Hall–Kier alpha value is -2.24. The van der Waals surface area contributed by atoms with E-state index in [1.165, 1.54) is 25.7 Å². The minimum absolute atomic E-state index is 0.199. The highest BCUT2D eigenvalue weighted by molar-refractivity contribution is 6.34. The van der Waals surface area contributed by atoms with Crippen molar-refractivity contribution in [1.82, 2.24) is 0 Å². The number of fused-ring (bicyclic) bond motifs is 2. The molecule has 0 heterocycles. The van der Waals surface area contributed by atoms with E-state index in [0.29, 0.717) is 24.0 Å². The highest BCUT2D eigenvalue weighted by Gasteiger charge is 2.70. The zero-order chi connectivity index (χ0) is 27.8. The number of hydrogen-bond acceptors (Lipinski definition) is 6. The van der Waals surface area contributed by atoms with Crippen molar-refractivity contribution in [3.63, 3.8) is 0 Å². The number of allylic oxidation sites excluding steroid dienone is 2. The van der Waals surface area contributed by atoms with Crippen LogP contribution >= 0.6 is 0 Å². The Labute approximate surface area is 229 Å². The molecule has 1 fully saturated rings. The fourth-order valence-corrected chi connectivity index (χ4v) is 6.57. The van der Waals surface area contributed by atoms with Crippen molar-refractivity contribution in [2.24, 2.45) is 10.8 Å². The maximum absolute atomic E-state index is 14.2. The molecule has 0 amide bonds. The van der Waals surface area contributed by atoms with E-state index >= 15 is 0 Å². The van der Waals surface area contributed by atoms with Gasteiger partial charge in [0.1, 0.15) is 0 Å². The van der Waals surface area contributed by atoms with Crippen molar-refractivity contribution in [1.29, 1.82) is 0 Å². The van der Waals surface area contributed by atoms with Crippen molar-refractivity contribution in [2.45, 2.75) is 130 Å². The lowest BCUT2D eigenvalue weighted by atomic mass is 9.57. The quantitative estimate of drug-likeness (QED) is 0.120. The molecule has 0 radical (unpaired) electrons. The molecule has 6 nitrogen and oxygen atoms in total. The summed E-state index contributed by atoms with van der Waals surface area (Å²) < 4.78 is 11.3. The molecule has 212 valence electrons. The molecular weight excluding hydrogens is 480 g/mol. The maximum atomic E-state index is 14.2. The summed E-state index contributed by atoms with van der Waals surface area (Å²) in [6.07, 6.45) is 14.1. The van der Waals surface area contributed by atoms with Crippen LogP contribution < -0.4 is 0 Å². The molecule has 38 heavy (non-hydrogen) atoms. The molecule has 3 aliphatic rings. The Bertz CT molecular complexity index is 894. The van der Waals surface area contributed by atoms with Gasteiger partial charge in [-0.15, -0.1) is 0 Å². The highest BCUT2D eigenvalue weighted by atomic mass is 16.5. The molecule has 0 aromatic carbocycles. The predicted octanol–water partition coefficient (Wildman–Crippen LogP) is 7.14. The number of ketones is 2. The fraction of sp³-hybridized carbons (Fsp3) is 0.750. The van der Waals surface area contributed by atoms with E-state index in [9.17, 15) is 19.2 Å². The second-order valence-corrected chi connectivity index (χ2v) is 11.6. The normalized spacial score (nSPS) is 24.6. The van der Waals surface area contributed by atoms with Gasteiger partial charge in [-0.25, -0.2) is 0 Å². The van der Waals surface area contributed by atoms with E-state index in [0.717, 1.165) is 51.4 Å². The monoisotopic (exact) mass is 528 g/mol. The Balaban J connectivity index is 1.76. The molecule has 3 aliphatic carbocycles. The smallest absolute Gasteiger partial charge is 0.324 e. The van der Waals surface area contributed by atoms with E-state index in [1.807, 2.05) is 0 Å². The van der Waals surface area contributed by atoms with Gasteiger partial charge in [0.25, 0.3) is 0 Å². The summed E-state index contributed by atoms with van der Waals surface area (Å²) in [7, 11) is 0. The molecule has 0 aliphatic heterocycles. The Morgan fingerprint density at radius 1 is 0.605 bits per heavy atom. The van der Waals surface area contributed by atoms with Gasteiger partial charge in [0.2, 0.25) is 0 Å². The molecule has 2 atom stereocenters. The maximum Gasteiger partial charge on any atom is 0.324 e. The van der Waals surface area contributed by atoms with Crippen LogP contribution in [0.25, 0.3) is 0 Å². The Morgan fingerprint density at radius 3 is 1.32 bits per heavy atom. The highest BCUT2D eigenvalue weighted by Crippen LogP contribution is 2.60. The lowest BCUT2D eigenvalue weighted by Gasteiger charge is -2.41. The van der Waals surface area contributed by atoms with Crippen LogP contribution in [0.1, 0.15) is 130 Å². The first kappa shape index (κ1) is 30.3. The summed E-state index contributed by atoms with van der Waals surface area (Å²) in [4.78, 5) is 55.5. The average Bonchev–Trinajstić information content (AvgIpc) is 3.45. The van der Waals surface area contributed by atoms with Crippen molar-refractivity contribution in [2.75, 3.05) is 13.2 Å². The topological polar surface area (TPSA) is 86.7 Å². The first-order valence-corrected chi connectivity index (χ1v) is 15.1. The number of Topliss-reactive ketones (excluding diaryl/α,β-unsaturated/α-hetero) is 2. The first-order chi connectivity index (χ1) is 18.3. The molecule has 0 spiro atoms. The summed E-state index contributed by atoms with van der Waals surface area (Å²) in [5.41, 5.74) is -1.41. The van der Waals surface area contributed by atoms with Gasteiger partial charge in [0.05, 0.1) is 13.2 Å². The molecule has 6 heteroatoms. The van der Waals surface area contributed by atoms with Gasteiger partial charge in [0, 0.05) is 11.1 Å². The predicted molar refractivity (Wildman–Crippen MR) is 147 cm³/mol. The average molecular weight is 529 g/mol. The van der Waals surface area contributed by atoms with E-state index in [1.54, 1.807) is 13.8 Å². The standard InChI is InChI=1S/C32H48O6/c1-5-7-9-11-13-15-21-37-29(35)31-19-17-23(3)25(31)28(34)32(20-18-24(4)26(32)27(31)33)30(36)38-22-16-14-12-10-8-6-2/h5-22H2,1-4H3/t31-,32-/m0/s1. The first-order valence-electron chi connectivity index (χ1n) is 15.1. The molecule has 0 aromatic rings. The summed E-state index contributed by atoms with van der Waals surface area (Å²) in [5, 5.41) is 0. The molecule has 0 saturated heterocycles. The molecule has 0 bridgehead atoms. The lowest BCUT2D eigenvalue weighted by molar-refractivity contribution is -0.166. The van der Waals surface area contributed by atoms with Crippen LogP contribution in [0.2, 0.25) is 0 Å². The minimum Gasteiger partial charge on any atom is -0.465 e. The Kier molecular flexibility index (Phi) is 10.9. The minimum atomic E-state index is -1.62. The van der Waals surface area contributed by atoms with Gasteiger partial charge in [0.15, 0.2) is 22.4 Å². The fourth-order valence-electron chi connectivity index (χ4n) is 6.57. The molecule has 0 unspecified atom stereocenters. The number of esters is 2. The molecule has 0 aromatic heterocycles. The third-order valence-electron chi connectivity index (χ3n) is 8.85. The largest absolute Gasteiger partial charge is 0.465 e. The van der Waals surface area contributed by atoms with E-state index < -0.39 is 34.3 Å². The van der Waals surface area contributed by atoms with Crippen LogP contribution in [0, 0.1) is 10.8 Å². The zero-order valence-corrected chi connectivity index (χ0v) is 24.2. The second kappa shape index (κ2) is 13.7. The van der Waals surface area contributed by atoms with Crippen molar-refractivity contribution < 1.29 is 28.7 Å². The van der Waals surface area contributed by atoms with Crippen LogP contribution in [0.3, 0.4) is 0 Å². The van der Waals surface area contributed by atoms with E-state index in [-0.39, 0.29) is 37.2 Å². The third kappa shape index (κ3) is 5.70. The zero-order valence-electron chi connectivity index (χ0n) is 24.2. The molecule has 0 N–H and O–H groups in total. The van der Waals surface area contributed by atoms with Gasteiger partial charge >= 0.3 is 11.9 Å². The van der Waals surface area contributed by atoms with Crippen LogP contribution in [0.4, 0.5) is 0 Å². The van der Waals surface area contributed by atoms with Crippen LogP contribution in [-0.4, -0.2) is 36.7 Å². The number of unbranched alkanes of at least 4 members (excludes halogenated alkanes) is 10. The Morgan fingerprint density at radius 2 is 0.947 bits per heavy atom. The molecular formula is C32H48O6. The van der Waals surface area contributed by atoms with Gasteiger partial charge in [-0.3, -0.25) is 19.2 Å². The van der Waals surface area contributed by atoms with Gasteiger partial charge in [-0.2, -0.15) is 0 Å². The second-order valence-electron chi connectivity index (χ2n) is 11.6. The van der Waals surface area contributed by atoms with E-state index in [4.69, 9.17) is 9.47 Å². The summed E-state index contributed by atoms with van der Waals surface area (Å²) >= 11 is 0. The van der Waals surface area contributed by atoms with Crippen molar-refractivity contribution in [3.8, 4) is 0 Å². The molecule has 3 rings (SSSR count). The van der Waals surface area contributed by atoms with Crippen LogP contribution in [0.5, 0.6) is 0 Å². The number of hydrogen-bond donors (Lipinski definition) is 0. The SMILES string of the molecule is CCCCCCCCOC(=O)[C@@]12CCC(C)=C1C(=O)[C@]1(C(=O)OCCCCCCCC)CCC(C)=C1C2=O. The van der Waals surface area contributed by atoms with Gasteiger partial charge < -0.3 is 9.47 Å². The summed E-state index contributed by atoms with van der Waals surface area (Å²) in [6, 6.07) is 0. The number of carbonyl (C=O) groups excluding carboxylic acids is 4. The summed E-state index contributed by atoms with van der Waals surface area (Å²) in [6.45, 7) is 8.42. The van der Waals surface area contributed by atoms with E-state index in [2.05, 4.69) is 13.8 Å². The third-order valence-corrected chi connectivity index (χ3v) is 8.85. The van der Waals surface area contributed by atoms with Crippen molar-refractivity contribution >= 4 is 23.5 Å². The van der Waals surface area contributed by atoms with Gasteiger partial charge in [-0.1, -0.05) is 89.2 Å².